The first-order valence-corrected chi connectivity index (χ1v) is 17.9. The Hall–Kier alpha value is -6.83. The van der Waals surface area contributed by atoms with Gasteiger partial charge in [0.15, 0.2) is 0 Å². The third-order valence-electron chi connectivity index (χ3n) is 9.49. The zero-order valence-corrected chi connectivity index (χ0v) is 28.6. The molecule has 244 valence electrons. The molecule has 0 bridgehead atoms. The van der Waals surface area contributed by atoms with Crippen LogP contribution in [-0.4, -0.2) is 24.9 Å². The van der Waals surface area contributed by atoms with Gasteiger partial charge in [0.1, 0.15) is 4.83 Å². The second-order valence-corrected chi connectivity index (χ2v) is 13.7. The summed E-state index contributed by atoms with van der Waals surface area (Å²) >= 11 is 1.74. The van der Waals surface area contributed by atoms with E-state index in [1.54, 1.807) is 23.7 Å². The Morgan fingerprint density at radius 3 is 1.52 bits per heavy atom. The summed E-state index contributed by atoms with van der Waals surface area (Å²) in [5.41, 5.74) is 12.9. The van der Waals surface area contributed by atoms with Crippen molar-refractivity contribution in [1.29, 1.82) is 0 Å². The Labute approximate surface area is 303 Å². The molecule has 7 heteroatoms. The molecule has 0 fully saturated rings. The highest BCUT2D eigenvalue weighted by Crippen LogP contribution is 2.39. The molecule has 0 radical (unpaired) electrons. The number of rotatable bonds is 6. The van der Waals surface area contributed by atoms with Crippen molar-refractivity contribution in [3.8, 4) is 33.5 Å². The lowest BCUT2D eigenvalue weighted by Gasteiger charge is -2.26. The first kappa shape index (κ1) is 30.0. The van der Waals surface area contributed by atoms with Crippen LogP contribution in [0.1, 0.15) is 0 Å². The summed E-state index contributed by atoms with van der Waals surface area (Å²) in [6.45, 7) is 0. The molecule has 6 heterocycles. The number of hydrogen-bond acceptors (Lipinski definition) is 7. The van der Waals surface area contributed by atoms with Crippen molar-refractivity contribution in [2.24, 2.45) is 0 Å². The maximum Gasteiger partial charge on any atom is 0.125 e. The van der Waals surface area contributed by atoms with Crippen molar-refractivity contribution in [2.45, 2.75) is 0 Å². The number of anilines is 3. The summed E-state index contributed by atoms with van der Waals surface area (Å²) in [7, 11) is 0. The van der Waals surface area contributed by atoms with Crippen LogP contribution in [0, 0.1) is 0 Å². The zero-order chi connectivity index (χ0) is 34.4. The van der Waals surface area contributed by atoms with E-state index in [4.69, 9.17) is 4.98 Å². The Bertz CT molecular complexity index is 2780. The lowest BCUT2D eigenvalue weighted by molar-refractivity contribution is 1.28. The summed E-state index contributed by atoms with van der Waals surface area (Å²) in [6.07, 6.45) is 7.43. The number of nitrogens with zero attached hydrogens (tertiary/aromatic N) is 6. The molecule has 10 rings (SSSR count). The fraction of sp³-hybridized carbons (Fsp3) is 0. The highest BCUT2D eigenvalue weighted by molar-refractivity contribution is 7.25. The average Bonchev–Trinajstić information content (AvgIpc) is 3.59. The number of thiophene rings is 1. The molecule has 0 N–H and O–H groups in total. The van der Waals surface area contributed by atoms with Gasteiger partial charge in [-0.3, -0.25) is 19.9 Å². The summed E-state index contributed by atoms with van der Waals surface area (Å²) in [5, 5.41) is 2.46. The van der Waals surface area contributed by atoms with Gasteiger partial charge >= 0.3 is 0 Å². The van der Waals surface area contributed by atoms with Crippen molar-refractivity contribution in [2.75, 3.05) is 4.90 Å². The van der Waals surface area contributed by atoms with Crippen LogP contribution in [0.3, 0.4) is 0 Å². The maximum absolute atomic E-state index is 5.07. The molecule has 0 aliphatic rings. The minimum absolute atomic E-state index is 0.879. The van der Waals surface area contributed by atoms with Crippen LogP contribution in [0.2, 0.25) is 0 Å². The standard InChI is InChI=1S/C45H28N6S/c1-2-8-44-37(5-1)38-21-22-39(50-45(38)52-44)31-13-19-36(20-14-31)51(34-15-9-29(10-16-34)32-25-42-40(48-27-32)6-3-23-46-42)35-17-11-30(12-18-35)33-26-43-41(49-28-33)7-4-24-47-43/h1-28H. The molecular formula is C45H28N6S. The monoisotopic (exact) mass is 684 g/mol. The smallest absolute Gasteiger partial charge is 0.125 e. The minimum atomic E-state index is 0.879. The molecular weight excluding hydrogens is 657 g/mol. The molecule has 0 aliphatic carbocycles. The van der Waals surface area contributed by atoms with Gasteiger partial charge in [0, 0.05) is 74.0 Å². The second-order valence-electron chi connectivity index (χ2n) is 12.7. The third kappa shape index (κ3) is 5.41. The number of aromatic nitrogens is 5. The van der Waals surface area contributed by atoms with Crippen molar-refractivity contribution in [3.63, 3.8) is 0 Å². The van der Waals surface area contributed by atoms with Gasteiger partial charge in [0.25, 0.3) is 0 Å². The van der Waals surface area contributed by atoms with Gasteiger partial charge in [0.2, 0.25) is 0 Å². The van der Waals surface area contributed by atoms with E-state index in [0.717, 1.165) is 77.5 Å². The molecule has 0 atom stereocenters. The van der Waals surface area contributed by atoms with Gasteiger partial charge in [-0.2, -0.15) is 0 Å². The van der Waals surface area contributed by atoms with Crippen molar-refractivity contribution in [3.05, 3.63) is 170 Å². The highest BCUT2D eigenvalue weighted by Gasteiger charge is 2.15. The highest BCUT2D eigenvalue weighted by atomic mass is 32.1. The quantitative estimate of drug-likeness (QED) is 0.174. The van der Waals surface area contributed by atoms with E-state index in [1.807, 2.05) is 36.7 Å². The molecule has 10 aromatic rings. The van der Waals surface area contributed by atoms with E-state index >= 15 is 0 Å². The topological polar surface area (TPSA) is 67.7 Å². The van der Waals surface area contributed by atoms with Crippen LogP contribution in [0.15, 0.2) is 170 Å². The van der Waals surface area contributed by atoms with Gasteiger partial charge in [-0.15, -0.1) is 11.3 Å². The fourth-order valence-corrected chi connectivity index (χ4v) is 7.90. The zero-order valence-electron chi connectivity index (χ0n) is 27.8. The fourth-order valence-electron chi connectivity index (χ4n) is 6.82. The predicted molar refractivity (Wildman–Crippen MR) is 214 cm³/mol. The van der Waals surface area contributed by atoms with Gasteiger partial charge in [-0.25, -0.2) is 4.98 Å². The molecule has 0 saturated carbocycles. The van der Waals surface area contributed by atoms with Crippen LogP contribution in [-0.2, 0) is 0 Å². The van der Waals surface area contributed by atoms with Crippen LogP contribution in [0.5, 0.6) is 0 Å². The molecule has 0 spiro atoms. The molecule has 0 amide bonds. The SMILES string of the molecule is c1cnc2cc(-c3ccc(N(c4ccc(-c5cnc6cccnc6c5)cc4)c4ccc(-c5ccc6c(n5)sc5ccccc56)cc4)cc3)cnc2c1. The molecule has 0 unspecified atom stereocenters. The maximum atomic E-state index is 5.07. The first-order chi connectivity index (χ1) is 25.7. The summed E-state index contributed by atoms with van der Waals surface area (Å²) < 4.78 is 1.26. The lowest BCUT2D eigenvalue weighted by atomic mass is 10.0. The van der Waals surface area contributed by atoms with E-state index in [9.17, 15) is 0 Å². The van der Waals surface area contributed by atoms with Crippen LogP contribution < -0.4 is 4.90 Å². The van der Waals surface area contributed by atoms with E-state index in [1.165, 1.54) is 15.5 Å². The average molecular weight is 685 g/mol. The largest absolute Gasteiger partial charge is 0.311 e. The van der Waals surface area contributed by atoms with Crippen LogP contribution in [0.25, 0.3) is 75.9 Å². The molecule has 52 heavy (non-hydrogen) atoms. The van der Waals surface area contributed by atoms with E-state index in [0.29, 0.717) is 0 Å². The second kappa shape index (κ2) is 12.5. The summed E-state index contributed by atoms with van der Waals surface area (Å²) in [4.78, 5) is 26.7. The molecule has 0 aliphatic heterocycles. The van der Waals surface area contributed by atoms with Gasteiger partial charge in [-0.05, 0) is 102 Å². The number of benzene rings is 4. The molecule has 4 aromatic carbocycles. The summed E-state index contributed by atoms with van der Waals surface area (Å²) in [5.74, 6) is 0. The number of pyridine rings is 5. The number of fused-ring (bicyclic) bond motifs is 5. The van der Waals surface area contributed by atoms with Crippen LogP contribution in [0.4, 0.5) is 17.1 Å². The first-order valence-electron chi connectivity index (χ1n) is 17.0. The van der Waals surface area contributed by atoms with E-state index < -0.39 is 0 Å². The Kier molecular flexibility index (Phi) is 7.22. The Morgan fingerprint density at radius 2 is 0.942 bits per heavy atom. The molecule has 0 saturated heterocycles. The molecule has 6 nitrogen and oxygen atoms in total. The van der Waals surface area contributed by atoms with Gasteiger partial charge in [0.05, 0.1) is 27.8 Å². The number of hydrogen-bond donors (Lipinski definition) is 0. The predicted octanol–water partition coefficient (Wildman–Crippen LogP) is 11.8. The van der Waals surface area contributed by atoms with Crippen molar-refractivity contribution >= 4 is 70.8 Å². The lowest BCUT2D eigenvalue weighted by Crippen LogP contribution is -2.09. The van der Waals surface area contributed by atoms with Gasteiger partial charge < -0.3 is 4.90 Å². The summed E-state index contributed by atoms with van der Waals surface area (Å²) in [6, 6.07) is 50.7. The normalized spacial score (nSPS) is 11.5. The minimum Gasteiger partial charge on any atom is -0.311 e. The van der Waals surface area contributed by atoms with Gasteiger partial charge in [-0.1, -0.05) is 54.6 Å². The third-order valence-corrected chi connectivity index (χ3v) is 10.6. The van der Waals surface area contributed by atoms with E-state index in [-0.39, 0.29) is 0 Å². The Balaban J connectivity index is 1.02. The molecule has 6 aromatic heterocycles. The van der Waals surface area contributed by atoms with Crippen LogP contribution >= 0.6 is 11.3 Å². The Morgan fingerprint density at radius 1 is 0.404 bits per heavy atom. The van der Waals surface area contributed by atoms with Crippen molar-refractivity contribution in [1.82, 2.24) is 24.9 Å². The van der Waals surface area contributed by atoms with E-state index in [2.05, 4.69) is 146 Å². The van der Waals surface area contributed by atoms with Crippen molar-refractivity contribution < 1.29 is 0 Å².